The van der Waals surface area contributed by atoms with Crippen molar-refractivity contribution in [3.05, 3.63) is 94.2 Å². The summed E-state index contributed by atoms with van der Waals surface area (Å²) in [5.74, 6) is 1.38. The van der Waals surface area contributed by atoms with Crippen molar-refractivity contribution >= 4 is 21.6 Å². The number of ether oxygens (including phenoxy) is 2. The van der Waals surface area contributed by atoms with Crippen LogP contribution in [0.5, 0.6) is 23.5 Å². The Morgan fingerprint density at radius 3 is 1.71 bits per heavy atom. The molecular weight excluding hydrogens is 851 g/mol. The Balaban J connectivity index is 0.000000239. The van der Waals surface area contributed by atoms with Gasteiger partial charge in [0.05, 0.1) is 23.2 Å². The van der Waals surface area contributed by atoms with Crippen molar-refractivity contribution in [3.63, 3.8) is 0 Å². The average molecular weight is 890 g/mol. The van der Waals surface area contributed by atoms with Crippen LogP contribution in [0.2, 0.25) is 0 Å². The molecule has 2 bridgehead atoms. The Hall–Kier alpha value is -4.88. The summed E-state index contributed by atoms with van der Waals surface area (Å²) >= 11 is 3.11. The number of pyridine rings is 1. The highest BCUT2D eigenvalue weighted by Gasteiger charge is 2.43. The Bertz CT molecular complexity index is 2170. The van der Waals surface area contributed by atoms with Crippen LogP contribution < -0.4 is 14.4 Å². The number of fused-ring (bicyclic) bond motifs is 2. The highest BCUT2D eigenvalue weighted by Crippen LogP contribution is 2.45. The van der Waals surface area contributed by atoms with Crippen molar-refractivity contribution in [2.75, 3.05) is 18.0 Å². The third-order valence-corrected chi connectivity index (χ3v) is 10.1. The zero-order chi connectivity index (χ0) is 42.2. The summed E-state index contributed by atoms with van der Waals surface area (Å²) in [4.78, 5) is 14.0. The van der Waals surface area contributed by atoms with Gasteiger partial charge >= 0.3 is 30.5 Å². The monoisotopic (exact) mass is 888 g/mol. The summed E-state index contributed by atoms with van der Waals surface area (Å²) in [6.45, 7) is 8.73. The van der Waals surface area contributed by atoms with Crippen LogP contribution in [0.4, 0.5) is 45.2 Å². The summed E-state index contributed by atoms with van der Waals surface area (Å²) in [7, 11) is 0. The van der Waals surface area contributed by atoms with Crippen molar-refractivity contribution < 1.29 is 49.0 Å². The van der Waals surface area contributed by atoms with Gasteiger partial charge in [-0.3, -0.25) is 4.98 Å². The molecule has 0 amide bonds. The van der Waals surface area contributed by atoms with E-state index in [0.717, 1.165) is 43.2 Å². The van der Waals surface area contributed by atoms with Crippen molar-refractivity contribution in [2.45, 2.75) is 77.6 Å². The van der Waals surface area contributed by atoms with Crippen LogP contribution in [0.3, 0.4) is 0 Å². The Kier molecular flexibility index (Phi) is 12.4. The number of alkyl halides is 9. The number of hydrogen-bond acceptors (Lipinski definition) is 8. The Morgan fingerprint density at radius 2 is 1.21 bits per heavy atom. The van der Waals surface area contributed by atoms with Crippen LogP contribution in [0.15, 0.2) is 71.6 Å². The van der Waals surface area contributed by atoms with Crippen LogP contribution in [0, 0.1) is 17.8 Å². The molecule has 1 saturated heterocycles. The second-order valence-electron chi connectivity index (χ2n) is 14.6. The van der Waals surface area contributed by atoms with Gasteiger partial charge < -0.3 is 14.4 Å². The second-order valence-corrected chi connectivity index (χ2v) is 15.3. The minimum Gasteiger partial charge on any atom is -0.424 e. The molecule has 5 aromatic rings. The van der Waals surface area contributed by atoms with Gasteiger partial charge in [0.2, 0.25) is 4.73 Å². The Labute approximate surface area is 335 Å². The molecule has 3 atom stereocenters. The third-order valence-electron chi connectivity index (χ3n) is 9.78. The van der Waals surface area contributed by atoms with E-state index in [1.54, 1.807) is 10.7 Å². The van der Waals surface area contributed by atoms with Crippen LogP contribution in [-0.2, 0) is 24.9 Å². The minimum atomic E-state index is -4.50. The first-order chi connectivity index (χ1) is 27.2. The van der Waals surface area contributed by atoms with Gasteiger partial charge in [-0.2, -0.15) is 54.6 Å². The largest absolute Gasteiger partial charge is 0.433 e. The van der Waals surface area contributed by atoms with Crippen LogP contribution in [0.1, 0.15) is 75.3 Å². The van der Waals surface area contributed by atoms with E-state index >= 15 is 0 Å². The number of benzene rings is 2. The van der Waals surface area contributed by atoms with E-state index in [9.17, 15) is 39.5 Å². The van der Waals surface area contributed by atoms with Gasteiger partial charge in [-0.25, -0.2) is 9.36 Å². The highest BCUT2D eigenvalue weighted by atomic mass is 79.9. The van der Waals surface area contributed by atoms with Crippen LogP contribution >= 0.6 is 15.9 Å². The van der Waals surface area contributed by atoms with Crippen molar-refractivity contribution in [2.24, 2.45) is 17.8 Å². The summed E-state index contributed by atoms with van der Waals surface area (Å²) in [5, 5.41) is 8.65. The number of halogens is 10. The van der Waals surface area contributed by atoms with E-state index < -0.39 is 35.3 Å². The molecule has 0 radical (unpaired) electrons. The molecule has 0 N–H and O–H groups in total. The topological polar surface area (TPSA) is 96.0 Å². The molecule has 1 aliphatic carbocycles. The third kappa shape index (κ3) is 10.2. The maximum atomic E-state index is 13.1. The normalized spacial score (nSPS) is 18.4. The van der Waals surface area contributed by atoms with E-state index in [2.05, 4.69) is 41.1 Å². The van der Waals surface area contributed by atoms with E-state index in [-0.39, 0.29) is 53.4 Å². The lowest BCUT2D eigenvalue weighted by Crippen LogP contribution is -2.43. The van der Waals surface area contributed by atoms with Gasteiger partial charge in [-0.05, 0) is 123 Å². The zero-order valence-electron chi connectivity index (χ0n) is 31.4. The fraction of sp³-hybridized carbons (Fsp3) is 0.447. The summed E-state index contributed by atoms with van der Waals surface area (Å²) < 4.78 is 131. The zero-order valence-corrected chi connectivity index (χ0v) is 33.0. The van der Waals surface area contributed by atoms with E-state index in [1.807, 2.05) is 32.6 Å². The highest BCUT2D eigenvalue weighted by molar-refractivity contribution is 9.10. The van der Waals surface area contributed by atoms with Crippen LogP contribution in [0.25, 0.3) is 0 Å². The van der Waals surface area contributed by atoms with E-state index in [4.69, 9.17) is 9.47 Å². The first kappa shape index (κ1) is 42.7. The van der Waals surface area contributed by atoms with Crippen molar-refractivity contribution in [1.82, 2.24) is 34.5 Å². The van der Waals surface area contributed by atoms with E-state index in [1.165, 1.54) is 35.1 Å². The number of aromatic nitrogens is 7. The van der Waals surface area contributed by atoms with Crippen molar-refractivity contribution in [3.8, 4) is 23.5 Å². The number of hydrogen-bond donors (Lipinski definition) is 0. The fourth-order valence-corrected chi connectivity index (χ4v) is 7.40. The first-order valence-electron chi connectivity index (χ1n) is 18.2. The van der Waals surface area contributed by atoms with Gasteiger partial charge in [-0.1, -0.05) is 12.1 Å². The molecule has 3 aromatic heterocycles. The molecule has 2 aliphatic rings. The molecule has 1 unspecified atom stereocenters. The maximum absolute atomic E-state index is 13.1. The molecule has 1 aliphatic heterocycles. The molecule has 7 rings (SSSR count). The molecule has 2 fully saturated rings. The quantitative estimate of drug-likeness (QED) is 0.135. The molecule has 10 nitrogen and oxygen atoms in total. The van der Waals surface area contributed by atoms with Gasteiger partial charge in [-0.15, -0.1) is 5.10 Å². The predicted octanol–water partition coefficient (Wildman–Crippen LogP) is 11.2. The predicted molar refractivity (Wildman–Crippen MR) is 196 cm³/mol. The first-order valence-corrected chi connectivity index (χ1v) is 19.0. The summed E-state index contributed by atoms with van der Waals surface area (Å²) in [6, 6.07) is 12.0. The number of nitrogens with zero attached hydrogens (tertiary/aromatic N) is 8. The molecule has 312 valence electrons. The molecule has 4 heterocycles. The number of anilines is 1. The summed E-state index contributed by atoms with van der Waals surface area (Å²) in [5.41, 5.74) is -1.97. The molecule has 2 aromatic carbocycles. The minimum absolute atomic E-state index is 0.0182. The lowest BCUT2D eigenvalue weighted by molar-refractivity contribution is -0.141. The smallest absolute Gasteiger partial charge is 0.424 e. The summed E-state index contributed by atoms with van der Waals surface area (Å²) in [6.07, 6.45) is -9.72. The van der Waals surface area contributed by atoms with Crippen molar-refractivity contribution in [1.29, 1.82) is 0 Å². The van der Waals surface area contributed by atoms with Crippen LogP contribution in [-0.4, -0.2) is 47.6 Å². The van der Waals surface area contributed by atoms with Gasteiger partial charge in [0.15, 0.2) is 5.82 Å². The SMILES string of the molecule is CC(C)n1nc(Br)nc1Oc1cccc(C(F)(F)F)c1.CC(C)n1nc(CC2[C@@H]3CC[C@H]2CN(c2ccnc(C(F)(F)F)c2)C3)nc1Oc1cccc(C(F)(F)F)c1. The standard InChI is InChI=1S/C26H27F6N5O.C12H11BrF3N3O/c1-15(2)37-24(38-20-5-3-4-18(10-20)25(27,28)29)34-23(35-37)12-21-16-6-7-17(21)14-36(13-16)19-8-9-33-22(11-19)26(30,31)32;1-7(2)19-11(17-10(13)18-19)20-9-5-3-4-8(6-9)12(14,15)16/h3-5,8-11,15-17,21H,6-7,12-14H2,1-2H3;3-7H,1-2H3/t16-,17+,21?;. The molecular formula is C38H38BrF9N8O2. The lowest BCUT2D eigenvalue weighted by atomic mass is 9.82. The number of piperidine rings is 1. The van der Waals surface area contributed by atoms with Gasteiger partial charge in [0, 0.05) is 31.4 Å². The molecule has 20 heteroatoms. The second kappa shape index (κ2) is 16.8. The lowest BCUT2D eigenvalue weighted by Gasteiger charge is -2.39. The fourth-order valence-electron chi connectivity index (χ4n) is 7.08. The maximum Gasteiger partial charge on any atom is 0.433 e. The average Bonchev–Trinajstić information content (AvgIpc) is 3.79. The Morgan fingerprint density at radius 1 is 0.690 bits per heavy atom. The van der Waals surface area contributed by atoms with Gasteiger partial charge in [0.25, 0.3) is 0 Å². The molecule has 1 saturated carbocycles. The molecule has 0 spiro atoms. The van der Waals surface area contributed by atoms with Gasteiger partial charge in [0.1, 0.15) is 17.2 Å². The number of rotatable bonds is 9. The molecule has 58 heavy (non-hydrogen) atoms. The van der Waals surface area contributed by atoms with E-state index in [0.29, 0.717) is 35.8 Å².